The number of rotatable bonds is 2. The second-order valence-corrected chi connectivity index (χ2v) is 4.30. The highest BCUT2D eigenvalue weighted by Gasteiger charge is 2.22. The summed E-state index contributed by atoms with van der Waals surface area (Å²) in [6, 6.07) is 0. The van der Waals surface area contributed by atoms with Crippen LogP contribution in [0, 0.1) is 5.21 Å². The summed E-state index contributed by atoms with van der Waals surface area (Å²) in [5, 5.41) is 15.5. The molecule has 0 unspecified atom stereocenters. The van der Waals surface area contributed by atoms with Crippen LogP contribution in [0.2, 0.25) is 0 Å². The molecule has 0 amide bonds. The maximum atomic E-state index is 12.2. The van der Waals surface area contributed by atoms with Crippen molar-refractivity contribution in [1.29, 1.82) is 0 Å². The number of quaternary nitrogens is 1. The summed E-state index contributed by atoms with van der Waals surface area (Å²) in [6.45, 7) is 5.80. The molecule has 0 radical (unpaired) electrons. The van der Waals surface area contributed by atoms with Gasteiger partial charge in [0.25, 0.3) is 0 Å². The first-order valence-electron chi connectivity index (χ1n) is 5.43. The third-order valence-corrected chi connectivity index (χ3v) is 2.94. The summed E-state index contributed by atoms with van der Waals surface area (Å²) in [6.07, 6.45) is 4.10. The van der Waals surface area contributed by atoms with Gasteiger partial charge in [0.1, 0.15) is 19.6 Å². The molecule has 1 N–H and O–H groups in total. The number of morpholine rings is 1. The van der Waals surface area contributed by atoms with Gasteiger partial charge in [0.05, 0.1) is 13.2 Å². The molecule has 4 nitrogen and oxygen atoms in total. The highest BCUT2D eigenvalue weighted by atomic mass is 16.6. The first-order valence-corrected chi connectivity index (χ1v) is 5.43. The van der Waals surface area contributed by atoms with E-state index in [0.717, 1.165) is 12.2 Å². The first-order chi connectivity index (χ1) is 7.18. The Morgan fingerprint density at radius 2 is 2.13 bits per heavy atom. The van der Waals surface area contributed by atoms with Gasteiger partial charge in [-0.1, -0.05) is 6.08 Å². The van der Waals surface area contributed by atoms with Crippen LogP contribution in [0.3, 0.4) is 0 Å². The third kappa shape index (κ3) is 2.81. The summed E-state index contributed by atoms with van der Waals surface area (Å²) in [5.41, 5.74) is 2.36. The fraction of sp³-hybridized carbons (Fsp3) is 0.636. The van der Waals surface area contributed by atoms with Crippen molar-refractivity contribution in [2.45, 2.75) is 6.92 Å². The molecule has 0 aromatic carbocycles. The van der Waals surface area contributed by atoms with Crippen LogP contribution in [-0.2, 0) is 4.74 Å². The highest BCUT2D eigenvalue weighted by molar-refractivity contribution is 5.23. The van der Waals surface area contributed by atoms with Crippen LogP contribution < -0.4 is 5.32 Å². The summed E-state index contributed by atoms with van der Waals surface area (Å²) < 4.78 is 5.08. The smallest absolute Gasteiger partial charge is 0.102 e. The largest absolute Gasteiger partial charge is 0.632 e. The molecule has 84 valence electrons. The zero-order valence-corrected chi connectivity index (χ0v) is 9.16. The van der Waals surface area contributed by atoms with Crippen molar-refractivity contribution in [2.24, 2.45) is 0 Å². The normalized spacial score (nSPS) is 25.2. The maximum Gasteiger partial charge on any atom is 0.102 e. The second kappa shape index (κ2) is 4.35. The molecule has 1 saturated heterocycles. The molecule has 0 aromatic rings. The van der Waals surface area contributed by atoms with E-state index in [9.17, 15) is 5.21 Å². The lowest BCUT2D eigenvalue weighted by atomic mass is 10.1. The number of hydrogen-bond acceptors (Lipinski definition) is 3. The lowest BCUT2D eigenvalue weighted by molar-refractivity contribution is -0.884. The number of dihydropyridines is 1. The third-order valence-electron chi connectivity index (χ3n) is 2.94. The predicted molar refractivity (Wildman–Crippen MR) is 58.9 cm³/mol. The van der Waals surface area contributed by atoms with Crippen molar-refractivity contribution in [2.75, 3.05) is 39.4 Å². The molecule has 1 fully saturated rings. The number of ether oxygens (including phenoxy) is 1. The Balaban J connectivity index is 1.96. The average Bonchev–Trinajstić information content (AvgIpc) is 2.22. The molecule has 0 aromatic heterocycles. The van der Waals surface area contributed by atoms with Gasteiger partial charge in [-0.2, -0.15) is 0 Å². The van der Waals surface area contributed by atoms with Gasteiger partial charge in [-0.15, -0.1) is 0 Å². The fourth-order valence-corrected chi connectivity index (χ4v) is 1.93. The van der Waals surface area contributed by atoms with Crippen LogP contribution in [0.1, 0.15) is 6.92 Å². The number of allylic oxidation sites excluding steroid dienone is 3. The minimum Gasteiger partial charge on any atom is -0.632 e. The Bertz CT molecular complexity index is 291. The van der Waals surface area contributed by atoms with E-state index in [1.807, 2.05) is 13.0 Å². The van der Waals surface area contributed by atoms with E-state index in [2.05, 4.69) is 11.4 Å². The Kier molecular flexibility index (Phi) is 3.09. The molecule has 0 bridgehead atoms. The minimum atomic E-state index is -0.125. The van der Waals surface area contributed by atoms with Gasteiger partial charge in [-0.3, -0.25) is 0 Å². The van der Waals surface area contributed by atoms with E-state index in [1.165, 1.54) is 5.57 Å². The predicted octanol–water partition coefficient (Wildman–Crippen LogP) is 0.765. The van der Waals surface area contributed by atoms with E-state index in [0.29, 0.717) is 32.8 Å². The summed E-state index contributed by atoms with van der Waals surface area (Å²) in [5.74, 6) is 0. The molecule has 0 aliphatic carbocycles. The summed E-state index contributed by atoms with van der Waals surface area (Å²) in [4.78, 5) is 0. The lowest BCUT2D eigenvalue weighted by Crippen LogP contribution is -2.52. The van der Waals surface area contributed by atoms with Crippen molar-refractivity contribution in [3.63, 3.8) is 0 Å². The van der Waals surface area contributed by atoms with Crippen LogP contribution in [0.4, 0.5) is 0 Å². The average molecular weight is 210 g/mol. The molecule has 2 rings (SSSR count). The van der Waals surface area contributed by atoms with Crippen LogP contribution in [0.25, 0.3) is 0 Å². The van der Waals surface area contributed by atoms with Gasteiger partial charge < -0.3 is 19.9 Å². The molecule has 0 saturated carbocycles. The Labute approximate surface area is 90.4 Å². The fourth-order valence-electron chi connectivity index (χ4n) is 1.93. The Morgan fingerprint density at radius 1 is 1.40 bits per heavy atom. The zero-order chi connectivity index (χ0) is 10.7. The van der Waals surface area contributed by atoms with Gasteiger partial charge in [-0.25, -0.2) is 0 Å². The van der Waals surface area contributed by atoms with Gasteiger partial charge >= 0.3 is 0 Å². The quantitative estimate of drug-likeness (QED) is 0.540. The SMILES string of the molecule is CC1=CC=C(C[N+]2([O-])CCOCC2)CN1. The second-order valence-electron chi connectivity index (χ2n) is 4.30. The van der Waals surface area contributed by atoms with Crippen LogP contribution >= 0.6 is 0 Å². The first kappa shape index (κ1) is 10.7. The van der Waals surface area contributed by atoms with E-state index in [-0.39, 0.29) is 4.65 Å². The summed E-state index contributed by atoms with van der Waals surface area (Å²) >= 11 is 0. The van der Waals surface area contributed by atoms with Gasteiger partial charge in [-0.05, 0) is 13.0 Å². The van der Waals surface area contributed by atoms with E-state index < -0.39 is 0 Å². The van der Waals surface area contributed by atoms with E-state index in [4.69, 9.17) is 4.74 Å². The van der Waals surface area contributed by atoms with E-state index in [1.54, 1.807) is 0 Å². The summed E-state index contributed by atoms with van der Waals surface area (Å²) in [7, 11) is 0. The van der Waals surface area contributed by atoms with Gasteiger partial charge in [0.15, 0.2) is 0 Å². The minimum absolute atomic E-state index is 0.125. The van der Waals surface area contributed by atoms with Gasteiger partial charge in [0, 0.05) is 17.8 Å². The number of nitrogens with one attached hydrogen (secondary N) is 1. The molecule has 4 heteroatoms. The number of hydroxylamine groups is 3. The molecular formula is C11H18N2O2. The Hall–Kier alpha value is -0.840. The zero-order valence-electron chi connectivity index (χ0n) is 9.16. The standard InChI is InChI=1S/C11H18N2O2/c1-10-2-3-11(8-12-10)9-13(14)4-6-15-7-5-13/h2-3,12H,4-9H2,1H3. The molecule has 2 heterocycles. The van der Waals surface area contributed by atoms with Crippen LogP contribution in [0.15, 0.2) is 23.4 Å². The van der Waals surface area contributed by atoms with Gasteiger partial charge in [0.2, 0.25) is 0 Å². The van der Waals surface area contributed by atoms with Crippen molar-refractivity contribution >= 4 is 0 Å². The molecule has 2 aliphatic rings. The number of nitrogens with zero attached hydrogens (tertiary/aromatic N) is 1. The van der Waals surface area contributed by atoms with Crippen molar-refractivity contribution < 1.29 is 9.38 Å². The monoisotopic (exact) mass is 210 g/mol. The molecular weight excluding hydrogens is 192 g/mol. The van der Waals surface area contributed by atoms with Crippen LogP contribution in [0.5, 0.6) is 0 Å². The van der Waals surface area contributed by atoms with Crippen LogP contribution in [-0.4, -0.2) is 44.0 Å². The van der Waals surface area contributed by atoms with Crippen molar-refractivity contribution in [1.82, 2.24) is 5.32 Å². The van der Waals surface area contributed by atoms with E-state index >= 15 is 0 Å². The van der Waals surface area contributed by atoms with Crippen molar-refractivity contribution in [3.8, 4) is 0 Å². The highest BCUT2D eigenvalue weighted by Crippen LogP contribution is 2.14. The lowest BCUT2D eigenvalue weighted by Gasteiger charge is -2.45. The molecule has 15 heavy (non-hydrogen) atoms. The molecule has 0 atom stereocenters. The van der Waals surface area contributed by atoms with Crippen molar-refractivity contribution in [3.05, 3.63) is 28.6 Å². The molecule has 0 spiro atoms. The maximum absolute atomic E-state index is 12.2. The Morgan fingerprint density at radius 3 is 2.73 bits per heavy atom. The topological polar surface area (TPSA) is 44.3 Å². The number of hydrogen-bond donors (Lipinski definition) is 1. The molecule has 2 aliphatic heterocycles.